The quantitative estimate of drug-likeness (QED) is 0.423. The van der Waals surface area contributed by atoms with Crippen LogP contribution in [-0.4, -0.2) is 64.4 Å². The summed E-state index contributed by atoms with van der Waals surface area (Å²) in [4.78, 5) is 39.8. The van der Waals surface area contributed by atoms with Crippen LogP contribution in [0.25, 0.3) is 0 Å². The van der Waals surface area contributed by atoms with Gasteiger partial charge in [-0.3, -0.25) is 9.59 Å². The van der Waals surface area contributed by atoms with Gasteiger partial charge in [0.25, 0.3) is 0 Å². The second-order valence-corrected chi connectivity index (χ2v) is 13.4. The standard InChI is InChI=1S/C30H40N2O6S/c1-6-19-11-12-21(37-27(35)32(5)15-7-8-23(34)28(2,3)4)25-24(19)29-16-22(31-39-17-18-9-10-18)30(29,36)14-13-20(33)26(29)38-25/h11-12,18,26,36H,6-10,13-17H2,1-5H3/t26-,29-,30+/m0/s1. The Balaban J connectivity index is 1.38. The van der Waals surface area contributed by atoms with Gasteiger partial charge in [-0.05, 0) is 61.6 Å². The van der Waals surface area contributed by atoms with Crippen LogP contribution in [0.1, 0.15) is 83.8 Å². The molecule has 1 aromatic carbocycles. The SMILES string of the molecule is CCc1ccc(OC(=O)N(C)CCCC(=O)C(C)(C)C)c2c1[C@]13CC(=NSCC4CC4)[C@]1(O)CCC(=O)[C@@H]3O2. The summed E-state index contributed by atoms with van der Waals surface area (Å²) < 4.78 is 16.8. The predicted octanol–water partition coefficient (Wildman–Crippen LogP) is 5.07. The number of carbonyl (C=O) groups excluding carboxylic acids is 3. The minimum Gasteiger partial charge on any atom is -0.477 e. The maximum Gasteiger partial charge on any atom is 0.415 e. The van der Waals surface area contributed by atoms with Gasteiger partial charge in [-0.25, -0.2) is 9.19 Å². The van der Waals surface area contributed by atoms with Crippen molar-refractivity contribution >= 4 is 35.3 Å². The van der Waals surface area contributed by atoms with Gasteiger partial charge in [-0.1, -0.05) is 33.8 Å². The predicted molar refractivity (Wildman–Crippen MR) is 151 cm³/mol. The van der Waals surface area contributed by atoms with Crippen molar-refractivity contribution in [3.05, 3.63) is 23.3 Å². The second kappa shape index (κ2) is 10.2. The van der Waals surface area contributed by atoms with E-state index in [-0.39, 0.29) is 23.7 Å². The number of hydrogen-bond acceptors (Lipinski definition) is 8. The Morgan fingerprint density at radius 2 is 2.03 bits per heavy atom. The number of benzene rings is 1. The number of carbonyl (C=O) groups is 3. The maximum atomic E-state index is 13.1. The number of aryl methyl sites for hydroxylation is 1. The highest BCUT2D eigenvalue weighted by molar-refractivity contribution is 7.98. The summed E-state index contributed by atoms with van der Waals surface area (Å²) in [5.74, 6) is 2.42. The highest BCUT2D eigenvalue weighted by Gasteiger charge is 2.75. The summed E-state index contributed by atoms with van der Waals surface area (Å²) in [6.45, 7) is 8.07. The third kappa shape index (κ3) is 4.79. The van der Waals surface area contributed by atoms with Gasteiger partial charge < -0.3 is 19.5 Å². The molecular weight excluding hydrogens is 516 g/mol. The first-order valence-electron chi connectivity index (χ1n) is 14.2. The molecule has 3 saturated carbocycles. The van der Waals surface area contributed by atoms with E-state index in [4.69, 9.17) is 13.9 Å². The summed E-state index contributed by atoms with van der Waals surface area (Å²) in [6, 6.07) is 3.61. The van der Waals surface area contributed by atoms with Gasteiger partial charge >= 0.3 is 6.09 Å². The van der Waals surface area contributed by atoms with E-state index >= 15 is 0 Å². The van der Waals surface area contributed by atoms with Crippen LogP contribution in [0.15, 0.2) is 16.5 Å². The molecule has 0 bridgehead atoms. The monoisotopic (exact) mass is 556 g/mol. The number of fused-ring (bicyclic) bond motifs is 1. The highest BCUT2D eigenvalue weighted by atomic mass is 32.2. The van der Waals surface area contributed by atoms with Crippen molar-refractivity contribution in [1.82, 2.24) is 4.90 Å². The van der Waals surface area contributed by atoms with E-state index in [2.05, 4.69) is 0 Å². The van der Waals surface area contributed by atoms with Crippen LogP contribution in [0.2, 0.25) is 0 Å². The molecular formula is C30H40N2O6S. The molecule has 0 radical (unpaired) electrons. The van der Waals surface area contributed by atoms with Gasteiger partial charge in [0, 0.05) is 49.6 Å². The van der Waals surface area contributed by atoms with Crippen LogP contribution in [-0.2, 0) is 21.4 Å². The molecule has 1 N–H and O–H groups in total. The Morgan fingerprint density at radius 3 is 2.69 bits per heavy atom. The fraction of sp³-hybridized carbons (Fsp3) is 0.667. The van der Waals surface area contributed by atoms with Gasteiger partial charge in [0.05, 0.1) is 11.1 Å². The highest BCUT2D eigenvalue weighted by Crippen LogP contribution is 2.65. The molecule has 39 heavy (non-hydrogen) atoms. The fourth-order valence-electron chi connectivity index (χ4n) is 6.12. The summed E-state index contributed by atoms with van der Waals surface area (Å²) >= 11 is 1.52. The van der Waals surface area contributed by atoms with Gasteiger partial charge in [0.15, 0.2) is 23.4 Å². The van der Waals surface area contributed by atoms with Crippen molar-refractivity contribution in [3.63, 3.8) is 0 Å². The first kappa shape index (κ1) is 28.1. The Morgan fingerprint density at radius 1 is 1.28 bits per heavy atom. The van der Waals surface area contributed by atoms with E-state index in [1.54, 1.807) is 13.1 Å². The first-order valence-corrected chi connectivity index (χ1v) is 15.1. The maximum absolute atomic E-state index is 13.1. The van der Waals surface area contributed by atoms with Crippen LogP contribution in [0.5, 0.6) is 11.5 Å². The normalized spacial score (nSPS) is 28.2. The van der Waals surface area contributed by atoms with Crippen molar-refractivity contribution in [2.75, 3.05) is 19.3 Å². The summed E-state index contributed by atoms with van der Waals surface area (Å²) in [5.41, 5.74) is -0.0918. The van der Waals surface area contributed by atoms with Crippen molar-refractivity contribution in [1.29, 1.82) is 0 Å². The van der Waals surface area contributed by atoms with E-state index in [1.807, 2.05) is 33.8 Å². The molecule has 5 rings (SSSR count). The molecule has 9 heteroatoms. The van der Waals surface area contributed by atoms with Crippen LogP contribution < -0.4 is 9.47 Å². The number of Topliss-reactive ketones (excluding diaryl/α,β-unsaturated/α-hetero) is 2. The molecule has 212 valence electrons. The molecule has 4 aliphatic rings. The van der Waals surface area contributed by atoms with Crippen molar-refractivity contribution in [2.45, 2.75) is 96.2 Å². The molecule has 1 aromatic rings. The number of rotatable bonds is 9. The Hall–Kier alpha value is -2.39. The lowest BCUT2D eigenvalue weighted by Gasteiger charge is -2.59. The van der Waals surface area contributed by atoms with Crippen molar-refractivity contribution in [2.24, 2.45) is 15.7 Å². The van der Waals surface area contributed by atoms with E-state index in [0.29, 0.717) is 44.4 Å². The van der Waals surface area contributed by atoms with Crippen LogP contribution in [0, 0.1) is 11.3 Å². The lowest BCUT2D eigenvalue weighted by atomic mass is 9.45. The van der Waals surface area contributed by atoms with E-state index < -0.39 is 28.6 Å². The van der Waals surface area contributed by atoms with Crippen molar-refractivity contribution in [3.8, 4) is 11.5 Å². The average Bonchev–Trinajstić information content (AvgIpc) is 3.63. The van der Waals surface area contributed by atoms with Crippen molar-refractivity contribution < 1.29 is 29.0 Å². The Bertz CT molecular complexity index is 1220. The number of amides is 1. The number of nitrogens with zero attached hydrogens (tertiary/aromatic N) is 2. The third-order valence-electron chi connectivity index (χ3n) is 8.83. The van der Waals surface area contributed by atoms with E-state index in [9.17, 15) is 19.5 Å². The molecule has 0 unspecified atom stereocenters. The van der Waals surface area contributed by atoms with E-state index in [0.717, 1.165) is 28.5 Å². The second-order valence-electron chi connectivity index (χ2n) is 12.6. The zero-order valence-corrected chi connectivity index (χ0v) is 24.5. The lowest BCUT2D eigenvalue weighted by molar-refractivity contribution is -0.145. The molecule has 1 heterocycles. The number of ether oxygens (including phenoxy) is 2. The smallest absolute Gasteiger partial charge is 0.415 e. The van der Waals surface area contributed by atoms with Crippen LogP contribution in [0.4, 0.5) is 4.79 Å². The summed E-state index contributed by atoms with van der Waals surface area (Å²) in [5, 5.41) is 12.1. The minimum atomic E-state index is -1.25. The van der Waals surface area contributed by atoms with Gasteiger partial charge in [-0.15, -0.1) is 0 Å². The Labute approximate surface area is 235 Å². The number of ketones is 2. The first-order chi connectivity index (χ1) is 18.4. The molecule has 0 saturated heterocycles. The zero-order chi connectivity index (χ0) is 28.2. The molecule has 3 aliphatic carbocycles. The average molecular weight is 557 g/mol. The third-order valence-corrected chi connectivity index (χ3v) is 9.80. The minimum absolute atomic E-state index is 0.0412. The summed E-state index contributed by atoms with van der Waals surface area (Å²) in [7, 11) is 1.64. The number of aliphatic hydroxyl groups is 1. The summed E-state index contributed by atoms with van der Waals surface area (Å²) in [6.07, 6.45) is 3.70. The molecule has 1 amide bonds. The largest absolute Gasteiger partial charge is 0.477 e. The number of hydrogen-bond donors (Lipinski definition) is 1. The van der Waals surface area contributed by atoms with Gasteiger partial charge in [0.1, 0.15) is 11.4 Å². The zero-order valence-electron chi connectivity index (χ0n) is 23.7. The van der Waals surface area contributed by atoms with Gasteiger partial charge in [-0.2, -0.15) is 0 Å². The van der Waals surface area contributed by atoms with Crippen LogP contribution >= 0.6 is 11.9 Å². The lowest BCUT2D eigenvalue weighted by Crippen LogP contribution is -2.75. The fourth-order valence-corrected chi connectivity index (χ4v) is 7.11. The topological polar surface area (TPSA) is 106 Å². The molecule has 1 spiro atoms. The molecule has 3 atom stereocenters. The Kier molecular flexibility index (Phi) is 7.38. The molecule has 3 fully saturated rings. The van der Waals surface area contributed by atoms with Crippen LogP contribution in [0.3, 0.4) is 0 Å². The molecule has 0 aromatic heterocycles. The van der Waals surface area contributed by atoms with Gasteiger partial charge in [0.2, 0.25) is 0 Å². The molecule has 8 nitrogen and oxygen atoms in total. The molecule has 1 aliphatic heterocycles. The van der Waals surface area contributed by atoms with E-state index in [1.165, 1.54) is 29.7 Å².